The summed E-state index contributed by atoms with van der Waals surface area (Å²) in [6.45, 7) is 1.39. The van der Waals surface area contributed by atoms with Gasteiger partial charge in [0.25, 0.3) is 5.69 Å². The molecule has 132 valence electrons. The molecule has 1 heterocycles. The molecule has 0 radical (unpaired) electrons. The van der Waals surface area contributed by atoms with Crippen LogP contribution in [0.3, 0.4) is 0 Å². The van der Waals surface area contributed by atoms with Crippen molar-refractivity contribution in [3.63, 3.8) is 0 Å². The molecule has 25 heavy (non-hydrogen) atoms. The highest BCUT2D eigenvalue weighted by molar-refractivity contribution is 5.79. The van der Waals surface area contributed by atoms with E-state index in [1.807, 2.05) is 11.0 Å². The van der Waals surface area contributed by atoms with Gasteiger partial charge in [-0.2, -0.15) is 5.26 Å². The largest absolute Gasteiger partial charge is 0.380 e. The van der Waals surface area contributed by atoms with Gasteiger partial charge in [0.1, 0.15) is 11.6 Å². The molecule has 7 nitrogen and oxygen atoms in total. The van der Waals surface area contributed by atoms with Gasteiger partial charge in [-0.1, -0.05) is 19.3 Å². The fourth-order valence-electron chi connectivity index (χ4n) is 3.80. The van der Waals surface area contributed by atoms with Gasteiger partial charge < -0.3 is 10.2 Å². The highest BCUT2D eigenvalue weighted by atomic mass is 16.6. The lowest BCUT2D eigenvalue weighted by Gasteiger charge is -2.26. The predicted molar refractivity (Wildman–Crippen MR) is 93.0 cm³/mol. The lowest BCUT2D eigenvalue weighted by molar-refractivity contribution is -0.385. The minimum absolute atomic E-state index is 0.0446. The van der Waals surface area contributed by atoms with Crippen LogP contribution in [-0.2, 0) is 4.79 Å². The summed E-state index contributed by atoms with van der Waals surface area (Å²) in [5.41, 5.74) is 0.538. The highest BCUT2D eigenvalue weighted by Crippen LogP contribution is 2.28. The van der Waals surface area contributed by atoms with Gasteiger partial charge in [-0.05, 0) is 31.4 Å². The van der Waals surface area contributed by atoms with Crippen LogP contribution >= 0.6 is 0 Å². The topological polar surface area (TPSA) is 99.3 Å². The zero-order valence-electron chi connectivity index (χ0n) is 14.1. The van der Waals surface area contributed by atoms with E-state index in [2.05, 4.69) is 5.32 Å². The third-order valence-electron chi connectivity index (χ3n) is 5.14. The van der Waals surface area contributed by atoms with Crippen LogP contribution in [0.2, 0.25) is 0 Å². The van der Waals surface area contributed by atoms with Crippen molar-refractivity contribution in [1.29, 1.82) is 5.26 Å². The summed E-state index contributed by atoms with van der Waals surface area (Å²) in [5, 5.41) is 23.3. The van der Waals surface area contributed by atoms with Gasteiger partial charge in [-0.3, -0.25) is 14.9 Å². The van der Waals surface area contributed by atoms with Crippen LogP contribution in [0.4, 0.5) is 11.4 Å². The number of hydrogen-bond acceptors (Lipinski definition) is 5. The molecule has 0 spiro atoms. The normalized spacial score (nSPS) is 20.9. The second-order valence-corrected chi connectivity index (χ2v) is 6.85. The molecule has 7 heteroatoms. The number of nitro benzene ring substituents is 1. The minimum Gasteiger partial charge on any atom is -0.380 e. The molecule has 1 aliphatic carbocycles. The van der Waals surface area contributed by atoms with Crippen molar-refractivity contribution >= 4 is 17.3 Å². The fraction of sp³-hybridized carbons (Fsp3) is 0.556. The number of benzene rings is 1. The third kappa shape index (κ3) is 3.90. The van der Waals surface area contributed by atoms with Crippen molar-refractivity contribution < 1.29 is 9.72 Å². The molecular weight excluding hydrogens is 320 g/mol. The number of nitro groups is 1. The molecule has 1 aliphatic heterocycles. The Labute approximate surface area is 146 Å². The molecule has 1 unspecified atom stereocenters. The van der Waals surface area contributed by atoms with Crippen LogP contribution in [0.1, 0.15) is 44.1 Å². The number of nitrogens with one attached hydrogen (secondary N) is 1. The highest BCUT2D eigenvalue weighted by Gasteiger charge is 2.31. The van der Waals surface area contributed by atoms with E-state index in [0.29, 0.717) is 12.2 Å². The van der Waals surface area contributed by atoms with Gasteiger partial charge in [0, 0.05) is 36.8 Å². The molecule has 1 atom stereocenters. The molecule has 1 saturated carbocycles. The first-order valence-corrected chi connectivity index (χ1v) is 8.82. The van der Waals surface area contributed by atoms with Gasteiger partial charge >= 0.3 is 0 Å². The van der Waals surface area contributed by atoms with Crippen LogP contribution < -0.4 is 5.32 Å². The average molecular weight is 342 g/mol. The number of anilines is 1. The second-order valence-electron chi connectivity index (χ2n) is 6.85. The summed E-state index contributed by atoms with van der Waals surface area (Å²) < 4.78 is 0. The van der Waals surface area contributed by atoms with Gasteiger partial charge in [0.05, 0.1) is 4.92 Å². The average Bonchev–Trinajstić information content (AvgIpc) is 3.10. The van der Waals surface area contributed by atoms with E-state index < -0.39 is 4.92 Å². The van der Waals surface area contributed by atoms with E-state index in [-0.39, 0.29) is 29.1 Å². The number of rotatable bonds is 4. The number of likely N-dealkylation sites (tertiary alicyclic amines) is 1. The molecule has 2 fully saturated rings. The van der Waals surface area contributed by atoms with Gasteiger partial charge in [-0.15, -0.1) is 0 Å². The van der Waals surface area contributed by atoms with E-state index >= 15 is 0 Å². The quantitative estimate of drug-likeness (QED) is 0.669. The first-order chi connectivity index (χ1) is 12.1. The summed E-state index contributed by atoms with van der Waals surface area (Å²) in [4.78, 5) is 24.9. The van der Waals surface area contributed by atoms with Crippen LogP contribution in [-0.4, -0.2) is 34.9 Å². The monoisotopic (exact) mass is 342 g/mol. The molecular formula is C18H22N4O3. The summed E-state index contributed by atoms with van der Waals surface area (Å²) in [7, 11) is 0. The van der Waals surface area contributed by atoms with E-state index in [9.17, 15) is 14.9 Å². The maximum Gasteiger partial charge on any atom is 0.287 e. The van der Waals surface area contributed by atoms with E-state index in [0.717, 1.165) is 38.6 Å². The molecule has 2 aliphatic rings. The van der Waals surface area contributed by atoms with Crippen LogP contribution in [0, 0.1) is 27.4 Å². The number of nitrogens with zero attached hydrogens (tertiary/aromatic N) is 3. The number of hydrogen-bond donors (Lipinski definition) is 1. The van der Waals surface area contributed by atoms with Crippen molar-refractivity contribution in [2.45, 2.75) is 44.6 Å². The molecule has 1 aromatic rings. The molecule has 1 amide bonds. The van der Waals surface area contributed by atoms with Crippen molar-refractivity contribution in [3.8, 4) is 6.07 Å². The Balaban J connectivity index is 1.60. The molecule has 0 aromatic heterocycles. The number of carbonyl (C=O) groups is 1. The summed E-state index contributed by atoms with van der Waals surface area (Å²) in [5.74, 6) is 0.447. The minimum atomic E-state index is -0.553. The Hall–Kier alpha value is -2.62. The smallest absolute Gasteiger partial charge is 0.287 e. The molecule has 0 bridgehead atoms. The standard InChI is InChI=1S/C18H22N4O3/c19-11-14-10-15(6-7-17(14)22(24)25)20-16-8-9-21(12-16)18(23)13-4-2-1-3-5-13/h6-7,10,13,16,20H,1-5,8-9,12H2. The first-order valence-electron chi connectivity index (χ1n) is 8.82. The summed E-state index contributed by atoms with van der Waals surface area (Å²) in [6, 6.07) is 6.45. The lowest BCUT2D eigenvalue weighted by Crippen LogP contribution is -2.36. The second kappa shape index (κ2) is 7.51. The molecule has 3 rings (SSSR count). The van der Waals surface area contributed by atoms with Crippen molar-refractivity contribution in [3.05, 3.63) is 33.9 Å². The van der Waals surface area contributed by atoms with Gasteiger partial charge in [0.15, 0.2) is 0 Å². The van der Waals surface area contributed by atoms with Crippen molar-refractivity contribution in [2.24, 2.45) is 5.92 Å². The van der Waals surface area contributed by atoms with E-state index in [1.54, 1.807) is 6.07 Å². The van der Waals surface area contributed by atoms with Crippen molar-refractivity contribution in [2.75, 3.05) is 18.4 Å². The van der Waals surface area contributed by atoms with E-state index in [4.69, 9.17) is 5.26 Å². The predicted octanol–water partition coefficient (Wildman–Crippen LogP) is 3.06. The Bertz CT molecular complexity index is 707. The fourth-order valence-corrected chi connectivity index (χ4v) is 3.80. The van der Waals surface area contributed by atoms with Crippen LogP contribution in [0.15, 0.2) is 18.2 Å². The lowest BCUT2D eigenvalue weighted by atomic mass is 9.88. The van der Waals surface area contributed by atoms with Crippen molar-refractivity contribution in [1.82, 2.24) is 4.90 Å². The zero-order chi connectivity index (χ0) is 17.8. The first kappa shape index (κ1) is 17.2. The number of nitriles is 1. The number of carbonyl (C=O) groups excluding carboxylic acids is 1. The summed E-state index contributed by atoms with van der Waals surface area (Å²) >= 11 is 0. The van der Waals surface area contributed by atoms with Gasteiger partial charge in [0.2, 0.25) is 5.91 Å². The maximum absolute atomic E-state index is 12.6. The Morgan fingerprint density at radius 3 is 2.72 bits per heavy atom. The maximum atomic E-state index is 12.6. The molecule has 1 N–H and O–H groups in total. The number of amides is 1. The Morgan fingerprint density at radius 1 is 1.28 bits per heavy atom. The van der Waals surface area contributed by atoms with Gasteiger partial charge in [-0.25, -0.2) is 0 Å². The summed E-state index contributed by atoms with van der Waals surface area (Å²) in [6.07, 6.45) is 6.37. The SMILES string of the molecule is N#Cc1cc(NC2CCN(C(=O)C3CCCCC3)C2)ccc1[N+](=O)[O-]. The molecule has 1 saturated heterocycles. The zero-order valence-corrected chi connectivity index (χ0v) is 14.1. The van der Waals surface area contributed by atoms with E-state index in [1.165, 1.54) is 18.6 Å². The van der Waals surface area contributed by atoms with Crippen LogP contribution in [0.25, 0.3) is 0 Å². The third-order valence-corrected chi connectivity index (χ3v) is 5.14. The molecule has 1 aromatic carbocycles. The Kier molecular flexibility index (Phi) is 5.17. The van der Waals surface area contributed by atoms with Crippen LogP contribution in [0.5, 0.6) is 0 Å². The Morgan fingerprint density at radius 2 is 2.04 bits per heavy atom.